The molecule has 0 unspecified atom stereocenters. The summed E-state index contributed by atoms with van der Waals surface area (Å²) >= 11 is 0. The molecule has 5 rings (SSSR count). The van der Waals surface area contributed by atoms with Crippen LogP contribution < -0.4 is 5.32 Å². The maximum atomic E-state index is 12.8. The lowest BCUT2D eigenvalue weighted by molar-refractivity contribution is -0.147. The first-order valence-corrected chi connectivity index (χ1v) is 11.8. The summed E-state index contributed by atoms with van der Waals surface area (Å²) in [5, 5.41) is 12.1. The topological polar surface area (TPSA) is 67.8 Å². The number of carbonyl (C=O) groups is 1. The summed E-state index contributed by atoms with van der Waals surface area (Å²) in [6, 6.07) is 15.5. The van der Waals surface area contributed by atoms with Crippen LogP contribution in [0, 0.1) is 0 Å². The fourth-order valence-corrected chi connectivity index (χ4v) is 4.78. The average molecular weight is 434 g/mol. The van der Waals surface area contributed by atoms with Gasteiger partial charge in [0.1, 0.15) is 0 Å². The molecule has 2 atom stereocenters. The van der Waals surface area contributed by atoms with Gasteiger partial charge in [0.2, 0.25) is 6.29 Å². The lowest BCUT2D eigenvalue weighted by Gasteiger charge is -2.32. The van der Waals surface area contributed by atoms with Crippen LogP contribution in [-0.4, -0.2) is 36.6 Å². The molecule has 1 fully saturated rings. The molecule has 168 valence electrons. The van der Waals surface area contributed by atoms with Crippen LogP contribution in [-0.2, 0) is 20.7 Å². The van der Waals surface area contributed by atoms with E-state index in [0.29, 0.717) is 25.2 Å². The van der Waals surface area contributed by atoms with Gasteiger partial charge < -0.3 is 19.9 Å². The Labute approximate surface area is 189 Å². The molecule has 0 saturated heterocycles. The Morgan fingerprint density at radius 1 is 1.09 bits per heavy atom. The largest absolute Gasteiger partial charge is 0.459 e. The van der Waals surface area contributed by atoms with Crippen LogP contribution in [0.25, 0.3) is 11.1 Å². The van der Waals surface area contributed by atoms with E-state index in [4.69, 9.17) is 14.6 Å². The molecule has 2 aromatic rings. The summed E-state index contributed by atoms with van der Waals surface area (Å²) in [6.07, 6.45) is 7.83. The Morgan fingerprint density at radius 2 is 1.94 bits per heavy atom. The van der Waals surface area contributed by atoms with E-state index in [1.54, 1.807) is 0 Å². The quantitative estimate of drug-likeness (QED) is 0.516. The summed E-state index contributed by atoms with van der Waals surface area (Å²) in [4.78, 5) is 12.8. The Kier molecular flexibility index (Phi) is 6.28. The maximum absolute atomic E-state index is 12.8. The van der Waals surface area contributed by atoms with Crippen LogP contribution in [0.3, 0.4) is 0 Å². The highest BCUT2D eigenvalue weighted by atomic mass is 16.7. The highest BCUT2D eigenvalue weighted by molar-refractivity contribution is 5.92. The molecule has 0 aromatic heterocycles. The van der Waals surface area contributed by atoms with E-state index < -0.39 is 6.29 Å². The van der Waals surface area contributed by atoms with E-state index in [9.17, 15) is 4.79 Å². The number of aliphatic hydroxyl groups excluding tert-OH is 1. The molecule has 3 aliphatic rings. The number of amides is 1. The number of allylic oxidation sites excluding steroid dienone is 1. The molecule has 2 N–H and O–H groups in total. The van der Waals surface area contributed by atoms with Gasteiger partial charge in [0.05, 0.1) is 6.61 Å². The van der Waals surface area contributed by atoms with Crippen LogP contribution in [0.15, 0.2) is 54.3 Å². The normalized spacial score (nSPS) is 21.7. The van der Waals surface area contributed by atoms with Crippen molar-refractivity contribution in [1.82, 2.24) is 5.32 Å². The van der Waals surface area contributed by atoms with Crippen molar-refractivity contribution >= 4 is 5.91 Å². The van der Waals surface area contributed by atoms with Gasteiger partial charge in [0, 0.05) is 25.0 Å². The summed E-state index contributed by atoms with van der Waals surface area (Å²) in [7, 11) is 0. The van der Waals surface area contributed by atoms with Crippen LogP contribution in [0.2, 0.25) is 0 Å². The summed E-state index contributed by atoms with van der Waals surface area (Å²) < 4.78 is 11.9. The predicted octanol–water partition coefficient (Wildman–Crippen LogP) is 4.43. The minimum absolute atomic E-state index is 0.0581. The zero-order chi connectivity index (χ0) is 21.9. The molecule has 0 spiro atoms. The number of carbonyl (C=O) groups excluding carboxylic acids is 1. The van der Waals surface area contributed by atoms with E-state index in [0.717, 1.165) is 25.7 Å². The molecular formula is C27H31NO4. The number of aliphatic hydroxyl groups is 1. The fraction of sp³-hybridized carbons (Fsp3) is 0.444. The van der Waals surface area contributed by atoms with Crippen molar-refractivity contribution in [2.24, 2.45) is 0 Å². The number of hydrogen-bond acceptors (Lipinski definition) is 4. The number of benzene rings is 2. The molecular weight excluding hydrogens is 402 g/mol. The van der Waals surface area contributed by atoms with Crippen molar-refractivity contribution in [2.75, 3.05) is 13.2 Å². The summed E-state index contributed by atoms with van der Waals surface area (Å²) in [5.41, 5.74) is 6.53. The Bertz CT molecular complexity index is 1010. The van der Waals surface area contributed by atoms with Crippen LogP contribution in [0.1, 0.15) is 61.1 Å². The molecule has 1 amide bonds. The molecule has 2 aliphatic carbocycles. The van der Waals surface area contributed by atoms with Gasteiger partial charge in [-0.15, -0.1) is 0 Å². The van der Waals surface area contributed by atoms with Crippen molar-refractivity contribution in [3.8, 4) is 11.1 Å². The van der Waals surface area contributed by atoms with Crippen LogP contribution in [0.5, 0.6) is 0 Å². The Morgan fingerprint density at radius 3 is 2.75 bits per heavy atom. The second kappa shape index (κ2) is 9.47. The second-order valence-corrected chi connectivity index (χ2v) is 9.07. The molecule has 1 saturated carbocycles. The lowest BCUT2D eigenvalue weighted by Crippen LogP contribution is -2.42. The number of ether oxygens (including phenoxy) is 2. The van der Waals surface area contributed by atoms with Gasteiger partial charge in [-0.1, -0.05) is 42.5 Å². The van der Waals surface area contributed by atoms with E-state index >= 15 is 0 Å². The minimum atomic E-state index is -0.462. The number of rotatable bonds is 8. The van der Waals surface area contributed by atoms with E-state index in [-0.39, 0.29) is 24.5 Å². The molecule has 1 aliphatic heterocycles. The molecule has 5 nitrogen and oxygen atoms in total. The highest BCUT2D eigenvalue weighted by Gasteiger charge is 2.31. The first kappa shape index (κ1) is 21.2. The van der Waals surface area contributed by atoms with E-state index in [2.05, 4.69) is 47.8 Å². The second-order valence-electron chi connectivity index (χ2n) is 9.07. The number of fused-ring (bicyclic) bond motifs is 3. The standard InChI is InChI=1S/C27H31NO4/c29-12-3-4-13-31-26-17-20(16-25(32-26)27(30)28-22-7-5-8-22)18-10-11-24-21(14-18)15-19-6-1-2-9-23(19)24/h1-2,6,9-11,14,16,20,22,26,29H,3-5,7-8,12-13,15,17H2,(H,28,30)/t20-,26+/m0/s1. The zero-order valence-electron chi connectivity index (χ0n) is 18.4. The summed E-state index contributed by atoms with van der Waals surface area (Å²) in [6.45, 7) is 0.666. The molecule has 0 bridgehead atoms. The monoisotopic (exact) mass is 433 g/mol. The number of unbranched alkanes of at least 4 members (excludes halogenated alkanes) is 1. The van der Waals surface area contributed by atoms with Crippen molar-refractivity contribution in [1.29, 1.82) is 0 Å². The third-order valence-corrected chi connectivity index (χ3v) is 6.82. The van der Waals surface area contributed by atoms with Crippen molar-refractivity contribution in [2.45, 2.75) is 63.2 Å². The van der Waals surface area contributed by atoms with Crippen LogP contribution >= 0.6 is 0 Å². The zero-order valence-corrected chi connectivity index (χ0v) is 18.4. The third-order valence-electron chi connectivity index (χ3n) is 6.82. The van der Waals surface area contributed by atoms with Crippen molar-refractivity contribution in [3.05, 3.63) is 71.0 Å². The first-order valence-electron chi connectivity index (χ1n) is 11.8. The fourth-order valence-electron chi connectivity index (χ4n) is 4.78. The number of hydrogen-bond donors (Lipinski definition) is 2. The van der Waals surface area contributed by atoms with Crippen molar-refractivity contribution < 1.29 is 19.4 Å². The average Bonchev–Trinajstić information content (AvgIpc) is 3.16. The SMILES string of the molecule is O=C(NC1CCC1)C1=C[C@H](c2ccc3c(c2)Cc2ccccc2-3)C[C@H](OCCCCO)O1. The maximum Gasteiger partial charge on any atom is 0.286 e. The predicted molar refractivity (Wildman–Crippen MR) is 123 cm³/mol. The third kappa shape index (κ3) is 4.45. The van der Waals surface area contributed by atoms with E-state index in [1.165, 1.54) is 34.2 Å². The van der Waals surface area contributed by atoms with Gasteiger partial charge in [-0.05, 0) is 72.4 Å². The van der Waals surface area contributed by atoms with Crippen LogP contribution in [0.4, 0.5) is 0 Å². The molecule has 0 radical (unpaired) electrons. The molecule has 5 heteroatoms. The van der Waals surface area contributed by atoms with Gasteiger partial charge in [-0.3, -0.25) is 4.79 Å². The molecule has 1 heterocycles. The minimum Gasteiger partial charge on any atom is -0.459 e. The van der Waals surface area contributed by atoms with Gasteiger partial charge in [0.25, 0.3) is 5.91 Å². The molecule has 2 aromatic carbocycles. The van der Waals surface area contributed by atoms with Gasteiger partial charge in [-0.25, -0.2) is 0 Å². The molecule has 32 heavy (non-hydrogen) atoms. The summed E-state index contributed by atoms with van der Waals surface area (Å²) in [5.74, 6) is 0.281. The van der Waals surface area contributed by atoms with Gasteiger partial charge >= 0.3 is 0 Å². The number of nitrogens with one attached hydrogen (secondary N) is 1. The smallest absolute Gasteiger partial charge is 0.286 e. The van der Waals surface area contributed by atoms with E-state index in [1.807, 2.05) is 6.08 Å². The highest BCUT2D eigenvalue weighted by Crippen LogP contribution is 2.40. The lowest BCUT2D eigenvalue weighted by atomic mass is 9.90. The van der Waals surface area contributed by atoms with Gasteiger partial charge in [-0.2, -0.15) is 0 Å². The van der Waals surface area contributed by atoms with Gasteiger partial charge in [0.15, 0.2) is 5.76 Å². The Hall–Kier alpha value is -2.63. The Balaban J connectivity index is 1.36. The van der Waals surface area contributed by atoms with Crippen molar-refractivity contribution in [3.63, 3.8) is 0 Å². The first-order chi connectivity index (χ1) is 15.7.